The molecule has 0 atom stereocenters. The first-order valence-electron chi connectivity index (χ1n) is 5.96. The maximum absolute atomic E-state index is 4.04. The molecular formula is C12H15N5S. The van der Waals surface area contributed by atoms with E-state index >= 15 is 0 Å². The van der Waals surface area contributed by atoms with E-state index in [1.165, 1.54) is 12.8 Å². The van der Waals surface area contributed by atoms with Crippen LogP contribution in [-0.2, 0) is 0 Å². The van der Waals surface area contributed by atoms with Gasteiger partial charge in [0.25, 0.3) is 0 Å². The van der Waals surface area contributed by atoms with Crippen LogP contribution in [0.3, 0.4) is 0 Å². The molecule has 1 aliphatic rings. The molecule has 2 aromatic rings. The first kappa shape index (κ1) is 11.5. The fourth-order valence-electron chi connectivity index (χ4n) is 1.87. The Morgan fingerprint density at radius 1 is 1.33 bits per heavy atom. The van der Waals surface area contributed by atoms with Crippen molar-refractivity contribution in [2.24, 2.45) is 0 Å². The normalized spacial score (nSPS) is 16.5. The lowest BCUT2D eigenvalue weighted by molar-refractivity contribution is 0.787. The third-order valence-corrected chi connectivity index (χ3v) is 4.70. The fraction of sp³-hybridized carbons (Fsp3) is 0.417. The molecule has 18 heavy (non-hydrogen) atoms. The van der Waals surface area contributed by atoms with Gasteiger partial charge in [0.15, 0.2) is 0 Å². The second-order valence-corrected chi connectivity index (χ2v) is 5.76. The van der Waals surface area contributed by atoms with Crippen molar-refractivity contribution in [3.63, 3.8) is 0 Å². The Hall–Kier alpha value is -1.56. The van der Waals surface area contributed by atoms with Gasteiger partial charge in [-0.1, -0.05) is 23.3 Å². The van der Waals surface area contributed by atoms with Crippen molar-refractivity contribution < 1.29 is 0 Å². The van der Waals surface area contributed by atoms with Crippen molar-refractivity contribution in [3.05, 3.63) is 30.3 Å². The highest BCUT2D eigenvalue weighted by Crippen LogP contribution is 2.46. The van der Waals surface area contributed by atoms with Crippen LogP contribution in [0.2, 0.25) is 0 Å². The Morgan fingerprint density at radius 2 is 2.11 bits per heavy atom. The molecule has 5 nitrogen and oxygen atoms in total. The van der Waals surface area contributed by atoms with Gasteiger partial charge in [0.1, 0.15) is 0 Å². The number of nitrogens with zero attached hydrogens (tertiary/aromatic N) is 4. The van der Waals surface area contributed by atoms with Crippen LogP contribution in [0.1, 0.15) is 12.8 Å². The summed E-state index contributed by atoms with van der Waals surface area (Å²) in [7, 11) is 0. The highest BCUT2D eigenvalue weighted by molar-refractivity contribution is 8.00. The Kier molecular flexibility index (Phi) is 2.95. The number of benzene rings is 1. The van der Waals surface area contributed by atoms with E-state index in [0.717, 1.165) is 12.2 Å². The number of para-hydroxylation sites is 1. The molecule has 1 aliphatic carbocycles. The summed E-state index contributed by atoms with van der Waals surface area (Å²) < 4.78 is 2.13. The van der Waals surface area contributed by atoms with E-state index in [1.54, 1.807) is 4.68 Å². The lowest BCUT2D eigenvalue weighted by atomic mass is 10.3. The van der Waals surface area contributed by atoms with Crippen LogP contribution in [0.5, 0.6) is 0 Å². The molecule has 1 heterocycles. The van der Waals surface area contributed by atoms with Crippen LogP contribution in [0.25, 0.3) is 5.69 Å². The van der Waals surface area contributed by atoms with E-state index in [4.69, 9.17) is 0 Å². The van der Waals surface area contributed by atoms with Crippen LogP contribution in [0.4, 0.5) is 5.95 Å². The molecule has 0 amide bonds. The SMILES string of the molecule is CSC1(CNc2nnnn2-c2ccccc2)CC1. The average Bonchev–Trinajstić information content (AvgIpc) is 3.07. The number of tetrazole rings is 1. The number of thioether (sulfide) groups is 1. The average molecular weight is 261 g/mol. The molecular weight excluding hydrogens is 246 g/mol. The lowest BCUT2D eigenvalue weighted by Gasteiger charge is -2.13. The molecule has 0 aliphatic heterocycles. The highest BCUT2D eigenvalue weighted by Gasteiger charge is 2.41. The lowest BCUT2D eigenvalue weighted by Crippen LogP contribution is -2.19. The molecule has 1 saturated carbocycles. The largest absolute Gasteiger partial charge is 0.351 e. The minimum absolute atomic E-state index is 0.396. The first-order valence-corrected chi connectivity index (χ1v) is 7.18. The van der Waals surface area contributed by atoms with E-state index in [0.29, 0.717) is 10.7 Å². The molecule has 1 fully saturated rings. The van der Waals surface area contributed by atoms with E-state index in [-0.39, 0.29) is 0 Å². The molecule has 0 unspecified atom stereocenters. The minimum Gasteiger partial charge on any atom is -0.351 e. The number of rotatable bonds is 5. The van der Waals surface area contributed by atoms with Crippen molar-refractivity contribution in [2.75, 3.05) is 18.1 Å². The number of hydrogen-bond donors (Lipinski definition) is 1. The van der Waals surface area contributed by atoms with Gasteiger partial charge in [-0.05, 0) is 41.7 Å². The van der Waals surface area contributed by atoms with Crippen molar-refractivity contribution in [1.82, 2.24) is 20.2 Å². The number of aromatic nitrogens is 4. The maximum atomic E-state index is 4.04. The van der Waals surface area contributed by atoms with Crippen LogP contribution >= 0.6 is 11.8 Å². The number of hydrogen-bond acceptors (Lipinski definition) is 5. The zero-order valence-electron chi connectivity index (χ0n) is 10.2. The van der Waals surface area contributed by atoms with Crippen molar-refractivity contribution >= 4 is 17.7 Å². The maximum Gasteiger partial charge on any atom is 0.247 e. The summed E-state index contributed by atoms with van der Waals surface area (Å²) in [6, 6.07) is 9.91. The second-order valence-electron chi connectivity index (χ2n) is 4.49. The van der Waals surface area contributed by atoms with Crippen LogP contribution in [0, 0.1) is 0 Å². The van der Waals surface area contributed by atoms with Crippen LogP contribution < -0.4 is 5.32 Å². The molecule has 0 radical (unpaired) electrons. The number of anilines is 1. The first-order chi connectivity index (χ1) is 8.83. The predicted molar refractivity (Wildman–Crippen MR) is 73.1 cm³/mol. The van der Waals surface area contributed by atoms with Gasteiger partial charge in [0.05, 0.1) is 5.69 Å². The summed E-state index contributed by atoms with van der Waals surface area (Å²) in [5.41, 5.74) is 0.971. The number of nitrogens with one attached hydrogen (secondary N) is 1. The molecule has 1 aromatic heterocycles. The Labute approximate surface area is 110 Å². The summed E-state index contributed by atoms with van der Waals surface area (Å²) in [5.74, 6) is 0.710. The molecule has 0 bridgehead atoms. The van der Waals surface area contributed by atoms with Crippen molar-refractivity contribution in [2.45, 2.75) is 17.6 Å². The van der Waals surface area contributed by atoms with Gasteiger partial charge >= 0.3 is 0 Å². The van der Waals surface area contributed by atoms with E-state index < -0.39 is 0 Å². The smallest absolute Gasteiger partial charge is 0.247 e. The Balaban J connectivity index is 1.76. The van der Waals surface area contributed by atoms with E-state index in [2.05, 4.69) is 27.1 Å². The topological polar surface area (TPSA) is 55.6 Å². The summed E-state index contributed by atoms with van der Waals surface area (Å²) in [6.07, 6.45) is 4.71. The Morgan fingerprint density at radius 3 is 2.78 bits per heavy atom. The van der Waals surface area contributed by atoms with Gasteiger partial charge in [-0.2, -0.15) is 16.4 Å². The summed E-state index contributed by atoms with van der Waals surface area (Å²) in [4.78, 5) is 0. The van der Waals surface area contributed by atoms with Gasteiger partial charge in [-0.3, -0.25) is 0 Å². The van der Waals surface area contributed by atoms with Gasteiger partial charge < -0.3 is 5.32 Å². The monoisotopic (exact) mass is 261 g/mol. The predicted octanol–water partition coefficient (Wildman–Crippen LogP) is 1.97. The van der Waals surface area contributed by atoms with Gasteiger partial charge in [0, 0.05) is 11.3 Å². The third kappa shape index (κ3) is 2.20. The highest BCUT2D eigenvalue weighted by atomic mass is 32.2. The molecule has 1 N–H and O–H groups in total. The zero-order chi connectivity index (χ0) is 12.4. The summed E-state index contributed by atoms with van der Waals surface area (Å²) >= 11 is 1.92. The van der Waals surface area contributed by atoms with Crippen LogP contribution in [0.15, 0.2) is 30.3 Å². The molecule has 0 spiro atoms. The second kappa shape index (κ2) is 4.61. The molecule has 6 heteroatoms. The van der Waals surface area contributed by atoms with Gasteiger partial charge in [-0.25, -0.2) is 0 Å². The third-order valence-electron chi connectivity index (χ3n) is 3.28. The zero-order valence-corrected chi connectivity index (χ0v) is 11.0. The van der Waals surface area contributed by atoms with Gasteiger partial charge in [-0.15, -0.1) is 0 Å². The quantitative estimate of drug-likeness (QED) is 0.891. The summed E-state index contributed by atoms with van der Waals surface area (Å²) in [6.45, 7) is 0.918. The summed E-state index contributed by atoms with van der Waals surface area (Å²) in [5, 5.41) is 15.1. The van der Waals surface area contributed by atoms with E-state index in [1.807, 2.05) is 42.1 Å². The fourth-order valence-corrected chi connectivity index (χ4v) is 2.60. The van der Waals surface area contributed by atoms with Crippen LogP contribution in [-0.4, -0.2) is 37.8 Å². The standard InChI is InChI=1S/C12H15N5S/c1-18-12(7-8-12)9-13-11-14-15-16-17(11)10-5-3-2-4-6-10/h2-6H,7-9H2,1H3,(H,13,14,16). The minimum atomic E-state index is 0.396. The Bertz CT molecular complexity index is 520. The molecule has 0 saturated heterocycles. The molecule has 1 aromatic carbocycles. The van der Waals surface area contributed by atoms with Gasteiger partial charge in [0.2, 0.25) is 5.95 Å². The molecule has 3 rings (SSSR count). The van der Waals surface area contributed by atoms with Crippen molar-refractivity contribution in [1.29, 1.82) is 0 Å². The molecule has 94 valence electrons. The van der Waals surface area contributed by atoms with Crippen molar-refractivity contribution in [3.8, 4) is 5.69 Å². The van der Waals surface area contributed by atoms with E-state index in [9.17, 15) is 0 Å².